The minimum atomic E-state index is -0.0995. The van der Waals surface area contributed by atoms with Crippen LogP contribution in [0.3, 0.4) is 0 Å². The number of amides is 2. The third kappa shape index (κ3) is 4.92. The number of hydrogen-bond acceptors (Lipinski definition) is 4. The molecule has 1 aromatic rings. The lowest BCUT2D eigenvalue weighted by atomic mass is 10.4. The maximum atomic E-state index is 11.7. The number of benzene rings is 1. The van der Waals surface area contributed by atoms with Crippen LogP contribution in [-0.2, 0) is 9.59 Å². The van der Waals surface area contributed by atoms with Gasteiger partial charge in [0.15, 0.2) is 0 Å². The number of carbonyl (C=O) groups excluding carboxylic acids is 2. The molecule has 1 N–H and O–H groups in total. The van der Waals surface area contributed by atoms with E-state index in [9.17, 15) is 9.59 Å². The summed E-state index contributed by atoms with van der Waals surface area (Å²) in [7, 11) is 0. The minimum Gasteiger partial charge on any atom is -0.354 e. The van der Waals surface area contributed by atoms with Gasteiger partial charge in [0.1, 0.15) is 6.54 Å². The lowest BCUT2D eigenvalue weighted by molar-refractivity contribution is -0.132. The van der Waals surface area contributed by atoms with Crippen LogP contribution in [0.5, 0.6) is 0 Å². The van der Waals surface area contributed by atoms with E-state index in [2.05, 4.69) is 5.32 Å². The quantitative estimate of drug-likeness (QED) is 0.641. The molecule has 1 saturated heterocycles. The van der Waals surface area contributed by atoms with Crippen molar-refractivity contribution >= 4 is 46.9 Å². The monoisotopic (exact) mass is 330 g/mol. The van der Waals surface area contributed by atoms with Gasteiger partial charge in [-0.15, -0.1) is 23.5 Å². The normalized spacial score (nSPS) is 14.7. The number of nitrogens with zero attached hydrogens (tertiary/aromatic N) is 1. The molecule has 2 amide bonds. The molecule has 1 aliphatic rings. The molecule has 0 aliphatic carbocycles. The van der Waals surface area contributed by atoms with Crippen molar-refractivity contribution in [3.8, 4) is 0 Å². The van der Waals surface area contributed by atoms with Gasteiger partial charge in [0.2, 0.25) is 11.8 Å². The number of hydrogen-bond donors (Lipinski definition) is 1. The molecule has 7 heteroatoms. The Morgan fingerprint density at radius 1 is 1.40 bits per heavy atom. The topological polar surface area (TPSA) is 49.4 Å². The van der Waals surface area contributed by atoms with Crippen molar-refractivity contribution in [3.63, 3.8) is 0 Å². The molecule has 1 fully saturated rings. The summed E-state index contributed by atoms with van der Waals surface area (Å²) in [5.41, 5.74) is 0. The van der Waals surface area contributed by atoms with Crippen LogP contribution in [0, 0.1) is 0 Å². The Bertz CT molecular complexity index is 482. The van der Waals surface area contributed by atoms with E-state index in [0.29, 0.717) is 18.2 Å². The summed E-state index contributed by atoms with van der Waals surface area (Å²) < 4.78 is 0. The summed E-state index contributed by atoms with van der Waals surface area (Å²) in [5.74, 6) is 1.83. The van der Waals surface area contributed by atoms with E-state index in [1.165, 1.54) is 0 Å². The molecule has 20 heavy (non-hydrogen) atoms. The zero-order chi connectivity index (χ0) is 14.4. The predicted molar refractivity (Wildman–Crippen MR) is 84.2 cm³/mol. The molecule has 1 heterocycles. The van der Waals surface area contributed by atoms with Crippen molar-refractivity contribution in [3.05, 3.63) is 29.3 Å². The second-order valence-corrected chi connectivity index (χ2v) is 6.78. The van der Waals surface area contributed by atoms with Crippen LogP contribution >= 0.6 is 35.1 Å². The van der Waals surface area contributed by atoms with Gasteiger partial charge in [0, 0.05) is 22.2 Å². The largest absolute Gasteiger partial charge is 0.354 e. The van der Waals surface area contributed by atoms with Crippen LogP contribution in [0.25, 0.3) is 0 Å². The molecular formula is C13H15ClN2O2S2. The van der Waals surface area contributed by atoms with Gasteiger partial charge >= 0.3 is 0 Å². The van der Waals surface area contributed by atoms with Crippen molar-refractivity contribution in [2.45, 2.75) is 4.90 Å². The van der Waals surface area contributed by atoms with Crippen molar-refractivity contribution in [2.75, 3.05) is 30.5 Å². The van der Waals surface area contributed by atoms with Crippen molar-refractivity contribution in [2.24, 2.45) is 0 Å². The first kappa shape index (κ1) is 15.5. The fourth-order valence-corrected chi connectivity index (χ4v) is 3.46. The molecular weight excluding hydrogens is 316 g/mol. The van der Waals surface area contributed by atoms with Crippen molar-refractivity contribution in [1.29, 1.82) is 0 Å². The summed E-state index contributed by atoms with van der Waals surface area (Å²) in [6.07, 6.45) is 0. The summed E-state index contributed by atoms with van der Waals surface area (Å²) in [5, 5.41) is 3.54. The molecule has 0 bridgehead atoms. The van der Waals surface area contributed by atoms with Crippen LogP contribution < -0.4 is 5.32 Å². The van der Waals surface area contributed by atoms with E-state index in [1.807, 2.05) is 24.3 Å². The van der Waals surface area contributed by atoms with Crippen LogP contribution in [0.1, 0.15) is 0 Å². The van der Waals surface area contributed by atoms with E-state index in [-0.39, 0.29) is 18.4 Å². The van der Waals surface area contributed by atoms with Crippen LogP contribution in [0.4, 0.5) is 0 Å². The first-order chi connectivity index (χ1) is 9.65. The maximum Gasteiger partial charge on any atom is 0.239 e. The summed E-state index contributed by atoms with van der Waals surface area (Å²) in [6.45, 7) is 0.749. The van der Waals surface area contributed by atoms with Crippen molar-refractivity contribution < 1.29 is 9.59 Å². The predicted octanol–water partition coefficient (Wildman–Crippen LogP) is 2.08. The number of carbonyl (C=O) groups is 2. The lowest BCUT2D eigenvalue weighted by Crippen LogP contribution is -2.38. The standard InChI is InChI=1S/C13H15ClN2O2S2/c14-10-1-3-11(4-2-10)20-6-5-15-12(17)7-16-9-19-8-13(16)18/h1-4H,5-9H2,(H,15,17). The Kier molecular flexibility index (Phi) is 6.06. The zero-order valence-corrected chi connectivity index (χ0v) is 13.2. The molecule has 0 unspecified atom stereocenters. The molecule has 0 saturated carbocycles. The van der Waals surface area contributed by atoms with E-state index >= 15 is 0 Å². The first-order valence-electron chi connectivity index (χ1n) is 6.16. The Labute approximate surface area is 131 Å². The van der Waals surface area contributed by atoms with Crippen molar-refractivity contribution in [1.82, 2.24) is 10.2 Å². The molecule has 0 atom stereocenters. The summed E-state index contributed by atoms with van der Waals surface area (Å²) in [6, 6.07) is 7.60. The van der Waals surface area contributed by atoms with E-state index in [4.69, 9.17) is 11.6 Å². The molecule has 2 rings (SSSR count). The van der Waals surface area contributed by atoms with E-state index < -0.39 is 0 Å². The number of thioether (sulfide) groups is 2. The van der Waals surface area contributed by atoms with E-state index in [1.54, 1.807) is 28.4 Å². The van der Waals surface area contributed by atoms with Crippen LogP contribution in [0.15, 0.2) is 29.2 Å². The summed E-state index contributed by atoms with van der Waals surface area (Å²) in [4.78, 5) is 25.7. The highest BCUT2D eigenvalue weighted by molar-refractivity contribution is 8.00. The lowest BCUT2D eigenvalue weighted by Gasteiger charge is -2.14. The SMILES string of the molecule is O=C(CN1CSCC1=O)NCCSc1ccc(Cl)cc1. The van der Waals surface area contributed by atoms with Crippen LogP contribution in [0.2, 0.25) is 5.02 Å². The average Bonchev–Trinajstić information content (AvgIpc) is 2.82. The van der Waals surface area contributed by atoms with Gasteiger partial charge in [-0.2, -0.15) is 0 Å². The highest BCUT2D eigenvalue weighted by atomic mass is 35.5. The second kappa shape index (κ2) is 7.81. The van der Waals surface area contributed by atoms with Gasteiger partial charge in [0.05, 0.1) is 11.6 Å². The minimum absolute atomic E-state index is 0.0423. The molecule has 1 aromatic carbocycles. The third-order valence-corrected chi connectivity index (χ3v) is 4.88. The molecule has 1 aliphatic heterocycles. The van der Waals surface area contributed by atoms with Gasteiger partial charge in [-0.1, -0.05) is 11.6 Å². The second-order valence-electron chi connectivity index (χ2n) is 4.22. The molecule has 0 radical (unpaired) electrons. The Morgan fingerprint density at radius 3 is 2.80 bits per heavy atom. The number of halogens is 1. The molecule has 108 valence electrons. The van der Waals surface area contributed by atoms with Gasteiger partial charge in [-0.3, -0.25) is 9.59 Å². The Hall–Kier alpha value is -0.850. The average molecular weight is 331 g/mol. The third-order valence-electron chi connectivity index (χ3n) is 2.67. The van der Waals surface area contributed by atoms with Gasteiger partial charge < -0.3 is 10.2 Å². The highest BCUT2D eigenvalue weighted by Gasteiger charge is 2.22. The zero-order valence-electron chi connectivity index (χ0n) is 10.8. The Morgan fingerprint density at radius 2 is 2.15 bits per heavy atom. The highest BCUT2D eigenvalue weighted by Crippen LogP contribution is 2.19. The molecule has 0 aromatic heterocycles. The smallest absolute Gasteiger partial charge is 0.239 e. The first-order valence-corrected chi connectivity index (χ1v) is 8.67. The number of rotatable bonds is 6. The Balaban J connectivity index is 1.62. The van der Waals surface area contributed by atoms with Gasteiger partial charge in [-0.25, -0.2) is 0 Å². The fraction of sp³-hybridized carbons (Fsp3) is 0.385. The molecule has 4 nitrogen and oxygen atoms in total. The van der Waals surface area contributed by atoms with Gasteiger partial charge in [-0.05, 0) is 24.3 Å². The summed E-state index contributed by atoms with van der Waals surface area (Å²) >= 11 is 9.00. The van der Waals surface area contributed by atoms with Gasteiger partial charge in [0.25, 0.3) is 0 Å². The maximum absolute atomic E-state index is 11.7. The van der Waals surface area contributed by atoms with E-state index in [0.717, 1.165) is 15.7 Å². The number of nitrogens with one attached hydrogen (secondary N) is 1. The van der Waals surface area contributed by atoms with Crippen LogP contribution in [-0.4, -0.2) is 47.2 Å². The molecule has 0 spiro atoms. The fourth-order valence-electron chi connectivity index (χ4n) is 1.66.